The van der Waals surface area contributed by atoms with Gasteiger partial charge in [-0.3, -0.25) is 0 Å². The molecule has 1 heterocycles. The van der Waals surface area contributed by atoms with Crippen LogP contribution in [0.25, 0.3) is 6.08 Å². The molecule has 1 N–H and O–H groups in total. The van der Waals surface area contributed by atoms with Crippen molar-refractivity contribution in [2.24, 2.45) is 0 Å². The highest BCUT2D eigenvalue weighted by Crippen LogP contribution is 2.48. The van der Waals surface area contributed by atoms with Crippen LogP contribution in [-0.2, 0) is 4.79 Å². The van der Waals surface area contributed by atoms with Gasteiger partial charge in [-0.15, -0.1) is 0 Å². The van der Waals surface area contributed by atoms with E-state index in [9.17, 15) is 4.79 Å². The van der Waals surface area contributed by atoms with Crippen LogP contribution in [0.3, 0.4) is 0 Å². The van der Waals surface area contributed by atoms with E-state index in [4.69, 9.17) is 5.11 Å². The van der Waals surface area contributed by atoms with Gasteiger partial charge in [-0.05, 0) is 56.9 Å². The van der Waals surface area contributed by atoms with Gasteiger partial charge in [0.2, 0.25) is 0 Å². The van der Waals surface area contributed by atoms with Gasteiger partial charge in [0.1, 0.15) is 0 Å². The Bertz CT molecular complexity index is 817. The monoisotopic (exact) mass is 354 g/mol. The molecule has 0 bridgehead atoms. The molecular formula is C20H22N2O2S. The van der Waals surface area contributed by atoms with E-state index in [0.29, 0.717) is 6.04 Å². The molecule has 0 saturated carbocycles. The molecule has 1 atom stereocenters. The Hall–Kier alpha value is -2.24. The highest BCUT2D eigenvalue weighted by Gasteiger charge is 2.25. The van der Waals surface area contributed by atoms with Crippen LogP contribution in [0, 0.1) is 0 Å². The number of hydrogen-bond acceptors (Lipinski definition) is 4. The van der Waals surface area contributed by atoms with Gasteiger partial charge in [-0.2, -0.15) is 0 Å². The fraction of sp³-hybridized carbons (Fsp3) is 0.250. The van der Waals surface area contributed by atoms with E-state index in [1.807, 2.05) is 6.07 Å². The number of aliphatic carboxylic acids is 1. The Morgan fingerprint density at radius 2 is 1.92 bits per heavy atom. The quantitative estimate of drug-likeness (QED) is 0.809. The maximum atomic E-state index is 10.8. The first-order valence-corrected chi connectivity index (χ1v) is 9.03. The average Bonchev–Trinajstić information content (AvgIpc) is 2.59. The summed E-state index contributed by atoms with van der Waals surface area (Å²) < 4.78 is 0. The zero-order chi connectivity index (χ0) is 18.0. The lowest BCUT2D eigenvalue weighted by Crippen LogP contribution is -2.37. The van der Waals surface area contributed by atoms with E-state index in [1.54, 1.807) is 17.8 Å². The first-order valence-electron chi connectivity index (χ1n) is 8.21. The summed E-state index contributed by atoms with van der Waals surface area (Å²) in [6.07, 6.45) is 2.82. The second-order valence-electron chi connectivity index (χ2n) is 6.39. The fourth-order valence-corrected chi connectivity index (χ4v) is 3.82. The molecule has 2 aromatic carbocycles. The van der Waals surface area contributed by atoms with Gasteiger partial charge in [0.25, 0.3) is 0 Å². The molecule has 0 amide bonds. The maximum absolute atomic E-state index is 10.8. The molecule has 1 unspecified atom stereocenters. The predicted octanol–water partition coefficient (Wildman–Crippen LogP) is 4.34. The number of rotatable bonds is 5. The third-order valence-corrected chi connectivity index (χ3v) is 5.53. The summed E-state index contributed by atoms with van der Waals surface area (Å²) in [5, 5.41) is 8.87. The second-order valence-corrected chi connectivity index (χ2v) is 7.48. The number of anilines is 2. The number of fused-ring (bicyclic) bond motifs is 2. The number of nitrogens with zero attached hydrogens (tertiary/aromatic N) is 2. The van der Waals surface area contributed by atoms with Crippen LogP contribution in [0.4, 0.5) is 11.4 Å². The van der Waals surface area contributed by atoms with Crippen molar-refractivity contribution in [1.29, 1.82) is 0 Å². The number of benzene rings is 2. The molecular weight excluding hydrogens is 332 g/mol. The van der Waals surface area contributed by atoms with E-state index in [2.05, 4.69) is 67.2 Å². The third kappa shape index (κ3) is 3.89. The zero-order valence-electron chi connectivity index (χ0n) is 14.6. The molecule has 5 heteroatoms. The van der Waals surface area contributed by atoms with Gasteiger partial charge >= 0.3 is 5.97 Å². The van der Waals surface area contributed by atoms with Crippen LogP contribution in [0.5, 0.6) is 0 Å². The minimum absolute atomic E-state index is 0.377. The SMILES string of the molecule is CC(CN1c2ccccc2Sc2ccc(/C=C/C(=O)O)cc21)N(C)C. The van der Waals surface area contributed by atoms with E-state index >= 15 is 0 Å². The lowest BCUT2D eigenvalue weighted by atomic mass is 10.1. The Kier molecular flexibility index (Phi) is 5.16. The number of para-hydroxylation sites is 1. The Morgan fingerprint density at radius 3 is 2.64 bits per heavy atom. The van der Waals surface area contributed by atoms with Gasteiger partial charge in [-0.1, -0.05) is 30.0 Å². The molecule has 1 aliphatic rings. The maximum Gasteiger partial charge on any atom is 0.328 e. The van der Waals surface area contributed by atoms with Crippen molar-refractivity contribution < 1.29 is 9.90 Å². The standard InChI is InChI=1S/C20H22N2O2S/c1-14(21(2)3)13-22-16-6-4-5-7-18(16)25-19-10-8-15(12-17(19)22)9-11-20(23)24/h4-12,14H,13H2,1-3H3,(H,23,24)/b11-9+. The largest absolute Gasteiger partial charge is 0.478 e. The highest BCUT2D eigenvalue weighted by molar-refractivity contribution is 7.99. The molecule has 3 rings (SSSR count). The Morgan fingerprint density at radius 1 is 1.20 bits per heavy atom. The second kappa shape index (κ2) is 7.33. The molecule has 25 heavy (non-hydrogen) atoms. The summed E-state index contributed by atoms with van der Waals surface area (Å²) in [6.45, 7) is 3.07. The first-order chi connectivity index (χ1) is 12.0. The lowest BCUT2D eigenvalue weighted by Gasteiger charge is -2.36. The van der Waals surface area contributed by atoms with Crippen molar-refractivity contribution in [1.82, 2.24) is 4.90 Å². The molecule has 0 fully saturated rings. The predicted molar refractivity (Wildman–Crippen MR) is 104 cm³/mol. The van der Waals surface area contributed by atoms with E-state index in [1.165, 1.54) is 21.6 Å². The van der Waals surface area contributed by atoms with Gasteiger partial charge < -0.3 is 14.9 Å². The Labute approximate surface area is 152 Å². The van der Waals surface area contributed by atoms with Crippen LogP contribution in [0.2, 0.25) is 0 Å². The van der Waals surface area contributed by atoms with Crippen LogP contribution in [0.15, 0.2) is 58.3 Å². The van der Waals surface area contributed by atoms with E-state index in [-0.39, 0.29) is 0 Å². The summed E-state index contributed by atoms with van der Waals surface area (Å²) in [5.41, 5.74) is 3.22. The van der Waals surface area contributed by atoms with Crippen molar-refractivity contribution in [3.63, 3.8) is 0 Å². The molecule has 0 aromatic heterocycles. The van der Waals surface area contributed by atoms with Gasteiger partial charge in [0.05, 0.1) is 11.4 Å². The lowest BCUT2D eigenvalue weighted by molar-refractivity contribution is -0.131. The molecule has 0 saturated heterocycles. The van der Waals surface area contributed by atoms with Crippen molar-refractivity contribution in [3.05, 3.63) is 54.1 Å². The number of carbonyl (C=O) groups is 1. The highest BCUT2D eigenvalue weighted by atomic mass is 32.2. The summed E-state index contributed by atoms with van der Waals surface area (Å²) >= 11 is 1.76. The summed E-state index contributed by atoms with van der Waals surface area (Å²) in [6, 6.07) is 14.9. The number of likely N-dealkylation sites (N-methyl/N-ethyl adjacent to an activating group) is 1. The summed E-state index contributed by atoms with van der Waals surface area (Å²) in [4.78, 5) is 17.8. The molecule has 1 aliphatic heterocycles. The van der Waals surface area contributed by atoms with E-state index in [0.717, 1.165) is 17.8 Å². The zero-order valence-corrected chi connectivity index (χ0v) is 15.5. The topological polar surface area (TPSA) is 43.8 Å². The smallest absolute Gasteiger partial charge is 0.328 e. The Balaban J connectivity index is 2.03. The van der Waals surface area contributed by atoms with Gasteiger partial charge in [0.15, 0.2) is 0 Å². The summed E-state index contributed by atoms with van der Waals surface area (Å²) in [5.74, 6) is -0.935. The van der Waals surface area contributed by atoms with Crippen LogP contribution >= 0.6 is 11.8 Å². The van der Waals surface area contributed by atoms with Crippen LogP contribution < -0.4 is 4.90 Å². The normalized spacial score (nSPS) is 14.5. The molecule has 2 aromatic rings. The van der Waals surface area contributed by atoms with Crippen LogP contribution in [-0.4, -0.2) is 42.7 Å². The van der Waals surface area contributed by atoms with Gasteiger partial charge in [-0.25, -0.2) is 4.79 Å². The molecule has 130 valence electrons. The number of carboxylic acids is 1. The minimum atomic E-state index is -0.935. The summed E-state index contributed by atoms with van der Waals surface area (Å²) in [7, 11) is 4.17. The number of hydrogen-bond donors (Lipinski definition) is 1. The molecule has 4 nitrogen and oxygen atoms in total. The number of carboxylic acid groups (broad SMARTS) is 1. The van der Waals surface area contributed by atoms with Crippen molar-refractivity contribution in [2.45, 2.75) is 22.8 Å². The van der Waals surface area contributed by atoms with Crippen LogP contribution in [0.1, 0.15) is 12.5 Å². The van der Waals surface area contributed by atoms with Crippen molar-refractivity contribution in [2.75, 3.05) is 25.5 Å². The molecule has 0 aliphatic carbocycles. The molecule has 0 radical (unpaired) electrons. The van der Waals surface area contributed by atoms with Crippen molar-refractivity contribution >= 4 is 35.2 Å². The first kappa shape index (κ1) is 17.6. The van der Waals surface area contributed by atoms with E-state index < -0.39 is 5.97 Å². The molecule has 0 spiro atoms. The van der Waals surface area contributed by atoms with Gasteiger partial charge in [0, 0.05) is 28.5 Å². The fourth-order valence-electron chi connectivity index (χ4n) is 2.74. The average molecular weight is 354 g/mol. The minimum Gasteiger partial charge on any atom is -0.478 e. The third-order valence-electron chi connectivity index (χ3n) is 4.40. The van der Waals surface area contributed by atoms with Crippen molar-refractivity contribution in [3.8, 4) is 0 Å².